The molecule has 0 heterocycles. The average molecular weight is 324 g/mol. The van der Waals surface area contributed by atoms with E-state index in [1.807, 2.05) is 0 Å². The van der Waals surface area contributed by atoms with Crippen LogP contribution in [0.5, 0.6) is 0 Å². The van der Waals surface area contributed by atoms with E-state index in [0.717, 1.165) is 38.5 Å². The van der Waals surface area contributed by atoms with Gasteiger partial charge in [-0.25, -0.2) is 0 Å². The lowest BCUT2D eigenvalue weighted by Crippen LogP contribution is -2.51. The summed E-state index contributed by atoms with van der Waals surface area (Å²) >= 11 is 10.3. The molecule has 2 rings (SSSR count). The lowest BCUT2D eigenvalue weighted by Gasteiger charge is -2.44. The number of hydrogen-bond acceptors (Lipinski definition) is 1. The van der Waals surface area contributed by atoms with E-state index in [1.54, 1.807) is 0 Å². The first kappa shape index (κ1) is 14.1. The molecule has 2 aliphatic carbocycles. The van der Waals surface area contributed by atoms with Gasteiger partial charge in [-0.3, -0.25) is 0 Å². The van der Waals surface area contributed by atoms with E-state index in [4.69, 9.17) is 11.6 Å². The minimum absolute atomic E-state index is 0.389. The van der Waals surface area contributed by atoms with Crippen LogP contribution in [0.1, 0.15) is 70.6 Å². The predicted molar refractivity (Wildman–Crippen MR) is 76.7 cm³/mol. The molecule has 0 bridgehead atoms. The topological polar surface area (TPSA) is 20.2 Å². The molecular formula is C14H24BrClO. The molecule has 1 nitrogen and oxygen atoms in total. The van der Waals surface area contributed by atoms with Gasteiger partial charge in [0.1, 0.15) is 3.78 Å². The molecule has 0 spiro atoms. The van der Waals surface area contributed by atoms with Gasteiger partial charge in [-0.05, 0) is 31.6 Å². The van der Waals surface area contributed by atoms with E-state index >= 15 is 0 Å². The van der Waals surface area contributed by atoms with Crippen molar-refractivity contribution in [2.75, 3.05) is 0 Å². The van der Waals surface area contributed by atoms with Gasteiger partial charge in [0.05, 0.1) is 5.60 Å². The molecule has 0 saturated heterocycles. The average Bonchev–Trinajstić information content (AvgIpc) is 2.61. The second-order valence-corrected chi connectivity index (χ2v) is 8.33. The van der Waals surface area contributed by atoms with Crippen LogP contribution in [0.4, 0.5) is 0 Å². The number of alkyl halides is 2. The molecule has 3 heteroatoms. The van der Waals surface area contributed by atoms with E-state index in [0.29, 0.717) is 5.92 Å². The van der Waals surface area contributed by atoms with E-state index < -0.39 is 9.38 Å². The fourth-order valence-corrected chi connectivity index (χ4v) is 4.76. The van der Waals surface area contributed by atoms with Crippen molar-refractivity contribution in [1.82, 2.24) is 0 Å². The second kappa shape index (κ2) is 5.79. The minimum Gasteiger partial charge on any atom is -0.387 e. The fourth-order valence-electron chi connectivity index (χ4n) is 3.58. The summed E-state index contributed by atoms with van der Waals surface area (Å²) in [5.74, 6) is 0.389. The molecule has 2 unspecified atom stereocenters. The Hall–Kier alpha value is 0.730. The Bertz CT molecular complexity index is 249. The highest BCUT2D eigenvalue weighted by atomic mass is 79.9. The van der Waals surface area contributed by atoms with Gasteiger partial charge in [0, 0.05) is 0 Å². The van der Waals surface area contributed by atoms with E-state index in [9.17, 15) is 5.11 Å². The highest BCUT2D eigenvalue weighted by Crippen LogP contribution is 2.52. The van der Waals surface area contributed by atoms with Crippen molar-refractivity contribution in [1.29, 1.82) is 0 Å². The Labute approximate surface area is 118 Å². The summed E-state index contributed by atoms with van der Waals surface area (Å²) in [7, 11) is 0. The van der Waals surface area contributed by atoms with Gasteiger partial charge in [-0.1, -0.05) is 60.9 Å². The maximum Gasteiger partial charge on any atom is 0.128 e. The Morgan fingerprint density at radius 3 is 2.06 bits per heavy atom. The van der Waals surface area contributed by atoms with Crippen LogP contribution in [-0.4, -0.2) is 14.5 Å². The van der Waals surface area contributed by atoms with Crippen LogP contribution < -0.4 is 0 Å². The molecule has 0 aromatic carbocycles. The number of halogens is 2. The first-order valence-corrected chi connectivity index (χ1v) is 8.33. The first-order valence-electron chi connectivity index (χ1n) is 7.16. The zero-order chi connectivity index (χ0) is 12.4. The van der Waals surface area contributed by atoms with Gasteiger partial charge >= 0.3 is 0 Å². The summed E-state index contributed by atoms with van der Waals surface area (Å²) in [6, 6.07) is 0. The maximum atomic E-state index is 11.1. The van der Waals surface area contributed by atoms with Crippen LogP contribution in [0, 0.1) is 5.92 Å². The van der Waals surface area contributed by atoms with Crippen molar-refractivity contribution in [3.05, 3.63) is 0 Å². The van der Waals surface area contributed by atoms with Gasteiger partial charge in [0.2, 0.25) is 0 Å². The summed E-state index contributed by atoms with van der Waals surface area (Å²) in [6.07, 6.45) is 12.7. The molecule has 0 aromatic heterocycles. The summed E-state index contributed by atoms with van der Waals surface area (Å²) in [6.45, 7) is 0. The van der Waals surface area contributed by atoms with Gasteiger partial charge in [-0.2, -0.15) is 0 Å². The van der Waals surface area contributed by atoms with Crippen molar-refractivity contribution < 1.29 is 5.11 Å². The zero-order valence-electron chi connectivity index (χ0n) is 10.6. The summed E-state index contributed by atoms with van der Waals surface area (Å²) in [5, 5.41) is 11.1. The monoisotopic (exact) mass is 322 g/mol. The predicted octanol–water partition coefficient (Wildman–Crippen LogP) is 4.98. The molecular weight excluding hydrogens is 300 g/mol. The first-order chi connectivity index (χ1) is 8.06. The van der Waals surface area contributed by atoms with Gasteiger partial charge in [-0.15, -0.1) is 11.6 Å². The van der Waals surface area contributed by atoms with Gasteiger partial charge in [0.15, 0.2) is 0 Å². The standard InChI is InChI=1S/C14H24BrClO/c15-14(16)11-7-3-6-10-13(14,17)12-8-4-1-2-5-9-12/h12,17H,1-11H2. The van der Waals surface area contributed by atoms with Crippen molar-refractivity contribution >= 4 is 27.5 Å². The molecule has 2 saturated carbocycles. The third kappa shape index (κ3) is 3.01. The molecule has 2 fully saturated rings. The van der Waals surface area contributed by atoms with Gasteiger partial charge in [0.25, 0.3) is 0 Å². The SMILES string of the molecule is OC1(C2CCCCCC2)CCCCCC1(Cl)Br. The van der Waals surface area contributed by atoms with Crippen LogP contribution in [-0.2, 0) is 0 Å². The summed E-state index contributed by atoms with van der Waals surface area (Å²) in [5.41, 5.74) is -0.699. The molecule has 2 atom stereocenters. The third-order valence-corrected chi connectivity index (χ3v) is 6.31. The lowest BCUT2D eigenvalue weighted by molar-refractivity contribution is -0.0412. The molecule has 100 valence electrons. The Morgan fingerprint density at radius 1 is 0.882 bits per heavy atom. The number of hydrogen-bond donors (Lipinski definition) is 1. The summed E-state index contributed by atoms with van der Waals surface area (Å²) in [4.78, 5) is 0. The quantitative estimate of drug-likeness (QED) is 0.533. The van der Waals surface area contributed by atoms with Gasteiger partial charge < -0.3 is 5.11 Å². The Balaban J connectivity index is 2.17. The molecule has 0 aromatic rings. The molecule has 2 aliphatic rings. The molecule has 0 aliphatic heterocycles. The van der Waals surface area contributed by atoms with Crippen LogP contribution in [0.25, 0.3) is 0 Å². The number of rotatable bonds is 1. The van der Waals surface area contributed by atoms with Crippen LogP contribution in [0.2, 0.25) is 0 Å². The van der Waals surface area contributed by atoms with Crippen LogP contribution in [0.3, 0.4) is 0 Å². The maximum absolute atomic E-state index is 11.1. The highest BCUT2D eigenvalue weighted by molar-refractivity contribution is 9.10. The third-order valence-electron chi connectivity index (χ3n) is 4.71. The molecule has 1 N–H and O–H groups in total. The summed E-state index contributed by atoms with van der Waals surface area (Å²) < 4.78 is -0.592. The van der Waals surface area contributed by atoms with Crippen molar-refractivity contribution in [2.24, 2.45) is 5.92 Å². The molecule has 17 heavy (non-hydrogen) atoms. The van der Waals surface area contributed by atoms with E-state index in [2.05, 4.69) is 15.9 Å². The minimum atomic E-state index is -0.699. The fraction of sp³-hybridized carbons (Fsp3) is 1.00. The highest BCUT2D eigenvalue weighted by Gasteiger charge is 2.52. The van der Waals surface area contributed by atoms with Crippen LogP contribution in [0.15, 0.2) is 0 Å². The number of aliphatic hydroxyl groups is 1. The molecule has 0 amide bonds. The van der Waals surface area contributed by atoms with Crippen LogP contribution >= 0.6 is 27.5 Å². The normalized spacial score (nSPS) is 41.8. The smallest absolute Gasteiger partial charge is 0.128 e. The second-order valence-electron chi connectivity index (χ2n) is 5.88. The van der Waals surface area contributed by atoms with Crippen molar-refractivity contribution in [3.63, 3.8) is 0 Å². The lowest BCUT2D eigenvalue weighted by atomic mass is 9.76. The zero-order valence-corrected chi connectivity index (χ0v) is 12.9. The Morgan fingerprint density at radius 2 is 1.41 bits per heavy atom. The van der Waals surface area contributed by atoms with Crippen molar-refractivity contribution in [3.8, 4) is 0 Å². The Kier molecular flexibility index (Phi) is 4.82. The van der Waals surface area contributed by atoms with E-state index in [-0.39, 0.29) is 0 Å². The van der Waals surface area contributed by atoms with E-state index in [1.165, 1.54) is 32.1 Å². The van der Waals surface area contributed by atoms with Crippen molar-refractivity contribution in [2.45, 2.75) is 80.0 Å². The largest absolute Gasteiger partial charge is 0.387 e. The molecule has 0 radical (unpaired) electrons.